The number of carbonyl (C=O) groups is 4. The molecular weight excluding hydrogens is 580 g/mol. The lowest BCUT2D eigenvalue weighted by atomic mass is 9.96. The fourth-order valence-electron chi connectivity index (χ4n) is 4.99. The van der Waals surface area contributed by atoms with Crippen molar-refractivity contribution >= 4 is 35.5 Å². The van der Waals surface area contributed by atoms with Gasteiger partial charge in [-0.05, 0) is 57.0 Å². The van der Waals surface area contributed by atoms with Crippen LogP contribution in [0.25, 0.3) is 0 Å². The molecule has 1 aliphatic rings. The van der Waals surface area contributed by atoms with E-state index in [4.69, 9.17) is 4.74 Å². The van der Waals surface area contributed by atoms with E-state index in [1.54, 1.807) is 49.5 Å². The average molecular weight is 617 g/mol. The zero-order chi connectivity index (χ0) is 31.9. The molecule has 0 spiro atoms. The second-order valence-electron chi connectivity index (χ2n) is 10.9. The highest BCUT2D eigenvalue weighted by molar-refractivity contribution is 8.00. The molecule has 2 aromatic carbocycles. The van der Waals surface area contributed by atoms with Gasteiger partial charge in [-0.1, -0.05) is 42.5 Å². The van der Waals surface area contributed by atoms with Gasteiger partial charge in [0.1, 0.15) is 11.8 Å². The molecule has 0 saturated carbocycles. The maximum Gasteiger partial charge on any atom is 0.345 e. The first-order valence-corrected chi connectivity index (χ1v) is 15.1. The Balaban J connectivity index is 1.58. The topological polar surface area (TPSA) is 138 Å². The van der Waals surface area contributed by atoms with E-state index in [1.165, 1.54) is 22.9 Å². The Morgan fingerprint density at radius 2 is 1.89 bits per heavy atom. The number of hydrogen-bond donors (Lipinski definition) is 3. The second-order valence-corrected chi connectivity index (χ2v) is 12.5. The highest BCUT2D eigenvalue weighted by atomic mass is 32.2. The van der Waals surface area contributed by atoms with Crippen LogP contribution in [0, 0.1) is 6.92 Å². The van der Waals surface area contributed by atoms with Crippen molar-refractivity contribution in [2.45, 2.75) is 50.1 Å². The molecule has 1 aromatic heterocycles. The molecule has 1 aliphatic heterocycles. The molecule has 1 unspecified atom stereocenters. The molecule has 0 aliphatic carbocycles. The van der Waals surface area contributed by atoms with Crippen LogP contribution < -0.4 is 15.4 Å². The van der Waals surface area contributed by atoms with Gasteiger partial charge < -0.3 is 25.4 Å². The Morgan fingerprint density at radius 3 is 2.57 bits per heavy atom. The molecule has 0 radical (unpaired) electrons. The minimum Gasteiger partial charge on any atom is -0.423 e. The molecule has 2 heterocycles. The molecule has 44 heavy (non-hydrogen) atoms. The number of benzene rings is 2. The van der Waals surface area contributed by atoms with Crippen molar-refractivity contribution in [2.75, 3.05) is 12.4 Å². The average Bonchev–Trinajstić information content (AvgIpc) is 3.35. The molecule has 3 atom stereocenters. The number of pyridine rings is 1. The van der Waals surface area contributed by atoms with Crippen LogP contribution in [0.2, 0.25) is 0 Å². The van der Waals surface area contributed by atoms with Gasteiger partial charge in [0.2, 0.25) is 5.91 Å². The Bertz CT molecular complexity index is 1520. The fourth-order valence-corrected chi connectivity index (χ4v) is 6.13. The molecule has 1 fully saturated rings. The fraction of sp³-hybridized carbons (Fsp3) is 0.303. The number of thioether (sulfide) groups is 1. The number of amides is 3. The summed E-state index contributed by atoms with van der Waals surface area (Å²) in [7, 11) is 0. The quantitative estimate of drug-likeness (QED) is 0.170. The van der Waals surface area contributed by atoms with Crippen molar-refractivity contribution in [3.63, 3.8) is 0 Å². The van der Waals surface area contributed by atoms with Crippen molar-refractivity contribution in [1.82, 2.24) is 20.5 Å². The first kappa shape index (κ1) is 32.4. The molecule has 3 aromatic rings. The van der Waals surface area contributed by atoms with Gasteiger partial charge in [-0.2, -0.15) is 0 Å². The van der Waals surface area contributed by atoms with Crippen LogP contribution in [-0.2, 0) is 16.0 Å². The zero-order valence-corrected chi connectivity index (χ0v) is 25.7. The molecule has 4 rings (SSSR count). The number of carbonyl (C=O) groups excluding carboxylic acids is 4. The van der Waals surface area contributed by atoms with E-state index in [0.29, 0.717) is 5.56 Å². The van der Waals surface area contributed by atoms with Crippen LogP contribution in [0.3, 0.4) is 0 Å². The molecule has 1 saturated heterocycles. The highest BCUT2D eigenvalue weighted by Crippen LogP contribution is 2.40. The van der Waals surface area contributed by atoms with E-state index in [-0.39, 0.29) is 41.6 Å². The molecule has 3 N–H and O–H groups in total. The number of aromatic nitrogens is 1. The monoisotopic (exact) mass is 616 g/mol. The lowest BCUT2D eigenvalue weighted by Crippen LogP contribution is -2.58. The summed E-state index contributed by atoms with van der Waals surface area (Å²) in [6, 6.07) is 15.2. The number of rotatable bonds is 11. The van der Waals surface area contributed by atoms with Gasteiger partial charge in [0.15, 0.2) is 6.10 Å². The number of nitrogens with zero attached hydrogens (tertiary/aromatic N) is 2. The van der Waals surface area contributed by atoms with Crippen LogP contribution >= 0.6 is 11.8 Å². The second kappa shape index (κ2) is 14.3. The van der Waals surface area contributed by atoms with Gasteiger partial charge in [-0.15, -0.1) is 18.3 Å². The van der Waals surface area contributed by atoms with Crippen molar-refractivity contribution in [2.24, 2.45) is 0 Å². The third-order valence-corrected chi connectivity index (χ3v) is 8.75. The number of ether oxygens (including phenoxy) is 1. The van der Waals surface area contributed by atoms with Crippen molar-refractivity contribution in [3.05, 3.63) is 108 Å². The van der Waals surface area contributed by atoms with Gasteiger partial charge in [-0.25, -0.2) is 4.79 Å². The predicted octanol–water partition coefficient (Wildman–Crippen LogP) is 3.29. The summed E-state index contributed by atoms with van der Waals surface area (Å²) in [6.45, 7) is 9.25. The number of nitrogens with one attached hydrogen (secondary N) is 2. The summed E-state index contributed by atoms with van der Waals surface area (Å²) < 4.78 is 4.93. The van der Waals surface area contributed by atoms with Gasteiger partial charge in [0.25, 0.3) is 11.8 Å². The lowest BCUT2D eigenvalue weighted by molar-refractivity contribution is -0.147. The van der Waals surface area contributed by atoms with Crippen molar-refractivity contribution < 1.29 is 29.0 Å². The summed E-state index contributed by atoms with van der Waals surface area (Å²) in [5.74, 6) is -1.82. The number of aliphatic hydroxyl groups is 1. The van der Waals surface area contributed by atoms with E-state index in [2.05, 4.69) is 22.2 Å². The number of esters is 1. The van der Waals surface area contributed by atoms with Gasteiger partial charge >= 0.3 is 5.97 Å². The molecule has 0 bridgehead atoms. The van der Waals surface area contributed by atoms with Crippen LogP contribution in [0.1, 0.15) is 45.7 Å². The summed E-state index contributed by atoms with van der Waals surface area (Å²) >= 11 is 1.43. The molecule has 10 nitrogen and oxygen atoms in total. The van der Waals surface area contributed by atoms with Crippen molar-refractivity contribution in [3.8, 4) is 5.75 Å². The predicted molar refractivity (Wildman–Crippen MR) is 168 cm³/mol. The first-order chi connectivity index (χ1) is 21.0. The van der Waals surface area contributed by atoms with Gasteiger partial charge in [-0.3, -0.25) is 19.4 Å². The Hall–Kier alpha value is -4.48. The SMILES string of the molecule is C=CCNC(=O)C1N(C(=O)[C@@H](O)[C@H](Cc2ccccc2)NC(=O)c2cccc(OC(=O)c3cccnc3)c2C)CSC1(C)C. The summed E-state index contributed by atoms with van der Waals surface area (Å²) in [6.07, 6.45) is 2.96. The van der Waals surface area contributed by atoms with E-state index in [9.17, 15) is 24.3 Å². The largest absolute Gasteiger partial charge is 0.423 e. The van der Waals surface area contributed by atoms with Gasteiger partial charge in [0, 0.05) is 34.8 Å². The van der Waals surface area contributed by atoms with E-state index in [0.717, 1.165) is 5.56 Å². The Labute approximate surface area is 260 Å². The molecule has 230 valence electrons. The van der Waals surface area contributed by atoms with Crippen LogP contribution in [-0.4, -0.2) is 74.0 Å². The number of aliphatic hydroxyl groups excluding tert-OH is 1. The van der Waals surface area contributed by atoms with Crippen molar-refractivity contribution in [1.29, 1.82) is 0 Å². The Morgan fingerprint density at radius 1 is 1.14 bits per heavy atom. The van der Waals surface area contributed by atoms with E-state index < -0.39 is 40.7 Å². The van der Waals surface area contributed by atoms with Crippen LogP contribution in [0.5, 0.6) is 5.75 Å². The van der Waals surface area contributed by atoms with E-state index >= 15 is 0 Å². The van der Waals surface area contributed by atoms with Gasteiger partial charge in [0.05, 0.1) is 17.5 Å². The lowest BCUT2D eigenvalue weighted by Gasteiger charge is -2.33. The summed E-state index contributed by atoms with van der Waals surface area (Å²) in [4.78, 5) is 58.4. The number of hydrogen-bond acceptors (Lipinski definition) is 8. The Kier molecular flexibility index (Phi) is 10.6. The summed E-state index contributed by atoms with van der Waals surface area (Å²) in [5.41, 5.74) is 1.65. The first-order valence-electron chi connectivity index (χ1n) is 14.1. The smallest absolute Gasteiger partial charge is 0.345 e. The third-order valence-electron chi connectivity index (χ3n) is 7.38. The minimum atomic E-state index is -1.66. The maximum atomic E-state index is 13.8. The van der Waals surface area contributed by atoms with Crippen LogP contribution in [0.15, 0.2) is 85.7 Å². The molecule has 11 heteroatoms. The van der Waals surface area contributed by atoms with E-state index in [1.807, 2.05) is 44.2 Å². The molecular formula is C33H36N4O6S. The molecule has 3 amide bonds. The third kappa shape index (κ3) is 7.53. The van der Waals surface area contributed by atoms with Crippen LogP contribution in [0.4, 0.5) is 0 Å². The highest BCUT2D eigenvalue weighted by Gasteiger charge is 2.49. The zero-order valence-electron chi connectivity index (χ0n) is 24.9. The minimum absolute atomic E-state index is 0.145. The normalized spacial score (nSPS) is 16.8. The summed E-state index contributed by atoms with van der Waals surface area (Å²) in [5, 5.41) is 17.1. The maximum absolute atomic E-state index is 13.8. The standard InChI is InChI=1S/C33H36N4O6S/c1-5-16-35-30(40)28-33(3,4)44-20-37(28)31(41)27(38)25(18-22-11-7-6-8-12-22)36-29(39)24-14-9-15-26(21(24)2)43-32(42)23-13-10-17-34-19-23/h5-15,17,19,25,27-28,38H,1,16,18,20H2,2-4H3,(H,35,40)(H,36,39)/t25-,27-,28?/m0/s1.